The lowest BCUT2D eigenvalue weighted by molar-refractivity contribution is 0.289. The molecule has 0 spiro atoms. The highest BCUT2D eigenvalue weighted by Crippen LogP contribution is 2.28. The number of hydrogen-bond donors (Lipinski definition) is 1. The second kappa shape index (κ2) is 5.76. The zero-order valence-corrected chi connectivity index (χ0v) is 12.7. The van der Waals surface area contributed by atoms with E-state index in [2.05, 4.69) is 22.0 Å². The highest BCUT2D eigenvalue weighted by molar-refractivity contribution is 5.72. The summed E-state index contributed by atoms with van der Waals surface area (Å²) in [6.45, 7) is 2.26. The molecule has 2 heterocycles. The highest BCUT2D eigenvalue weighted by Gasteiger charge is 2.31. The Balaban J connectivity index is 1.50. The fourth-order valence-corrected chi connectivity index (χ4v) is 3.30. The molecule has 0 bridgehead atoms. The van der Waals surface area contributed by atoms with E-state index in [4.69, 9.17) is 10.2 Å². The van der Waals surface area contributed by atoms with Gasteiger partial charge in [0.15, 0.2) is 5.58 Å². The second-order valence-electron chi connectivity index (χ2n) is 6.09. The van der Waals surface area contributed by atoms with Crippen LogP contribution in [0.5, 0.6) is 0 Å². The van der Waals surface area contributed by atoms with Crippen LogP contribution in [0.4, 0.5) is 4.39 Å². The average Bonchev–Trinajstić information content (AvgIpc) is 3.10. The third-order valence-electron chi connectivity index (χ3n) is 4.42. The third-order valence-corrected chi connectivity index (χ3v) is 4.42. The van der Waals surface area contributed by atoms with Crippen molar-refractivity contribution in [1.82, 2.24) is 9.88 Å². The maximum atomic E-state index is 13.2. The number of oxazole rings is 1. The van der Waals surface area contributed by atoms with Crippen molar-refractivity contribution in [3.8, 4) is 0 Å². The van der Waals surface area contributed by atoms with E-state index in [1.165, 1.54) is 17.7 Å². The van der Waals surface area contributed by atoms with Crippen molar-refractivity contribution in [2.24, 2.45) is 5.73 Å². The highest BCUT2D eigenvalue weighted by atomic mass is 19.1. The first-order chi connectivity index (χ1) is 11.2. The Hall–Kier alpha value is -2.24. The topological polar surface area (TPSA) is 55.3 Å². The van der Waals surface area contributed by atoms with Gasteiger partial charge < -0.3 is 10.2 Å². The molecular weight excluding hydrogens is 293 g/mol. The molecule has 1 aliphatic rings. The number of hydrogen-bond acceptors (Lipinski definition) is 4. The largest absolute Gasteiger partial charge is 0.439 e. The molecule has 0 saturated carbocycles. The summed E-state index contributed by atoms with van der Waals surface area (Å²) in [5.74, 6) is 0.608. The van der Waals surface area contributed by atoms with Gasteiger partial charge in [-0.3, -0.25) is 4.90 Å². The minimum absolute atomic E-state index is 0.0965. The number of nitrogens with zero attached hydrogens (tertiary/aromatic N) is 2. The molecule has 2 atom stereocenters. The Morgan fingerprint density at radius 2 is 2.00 bits per heavy atom. The van der Waals surface area contributed by atoms with Crippen molar-refractivity contribution >= 4 is 11.1 Å². The summed E-state index contributed by atoms with van der Waals surface area (Å²) in [5.41, 5.74) is 8.75. The maximum absolute atomic E-state index is 13.2. The Morgan fingerprint density at radius 3 is 2.83 bits per heavy atom. The number of nitrogens with two attached hydrogens (primary N) is 1. The van der Waals surface area contributed by atoms with Crippen LogP contribution in [0.25, 0.3) is 11.1 Å². The number of aromatic nitrogens is 1. The summed E-state index contributed by atoms with van der Waals surface area (Å²) in [7, 11) is 0. The molecule has 2 N–H and O–H groups in total. The molecule has 5 heteroatoms. The van der Waals surface area contributed by atoms with Crippen molar-refractivity contribution in [3.05, 3.63) is 65.8 Å². The smallest absolute Gasteiger partial charge is 0.209 e. The van der Waals surface area contributed by atoms with Gasteiger partial charge in [0, 0.05) is 31.1 Å². The molecule has 0 aliphatic carbocycles. The van der Waals surface area contributed by atoms with Crippen LogP contribution in [-0.2, 0) is 6.54 Å². The molecule has 3 aromatic rings. The van der Waals surface area contributed by atoms with Crippen molar-refractivity contribution in [1.29, 1.82) is 0 Å². The Kier molecular flexibility index (Phi) is 3.59. The predicted octanol–water partition coefficient (Wildman–Crippen LogP) is 2.89. The number of benzene rings is 2. The molecule has 4 nitrogen and oxygen atoms in total. The van der Waals surface area contributed by atoms with E-state index in [1.54, 1.807) is 6.07 Å². The van der Waals surface area contributed by atoms with Crippen molar-refractivity contribution in [3.63, 3.8) is 0 Å². The molecule has 4 rings (SSSR count). The standard InChI is InChI=1S/C18H18FN3O/c19-13-6-7-16-17(8-13)23-18(21-16)11-22-9-14(15(20)10-22)12-4-2-1-3-5-12/h1-8,14-15H,9-11,20H2/t14-,15+/m0/s1. The van der Waals surface area contributed by atoms with Crippen molar-refractivity contribution in [2.45, 2.75) is 18.5 Å². The van der Waals surface area contributed by atoms with Crippen LogP contribution < -0.4 is 5.73 Å². The van der Waals surface area contributed by atoms with Gasteiger partial charge in [-0.25, -0.2) is 9.37 Å². The average molecular weight is 311 g/mol. The molecule has 118 valence electrons. The van der Waals surface area contributed by atoms with Crippen LogP contribution >= 0.6 is 0 Å². The Labute approximate surface area is 133 Å². The number of rotatable bonds is 3. The van der Waals surface area contributed by atoms with E-state index in [-0.39, 0.29) is 11.9 Å². The molecule has 1 aromatic heterocycles. The van der Waals surface area contributed by atoms with Gasteiger partial charge in [-0.15, -0.1) is 0 Å². The van der Waals surface area contributed by atoms with Crippen LogP contribution in [0.3, 0.4) is 0 Å². The van der Waals surface area contributed by atoms with Gasteiger partial charge in [-0.2, -0.15) is 0 Å². The van der Waals surface area contributed by atoms with Crippen LogP contribution in [0.15, 0.2) is 52.9 Å². The van der Waals surface area contributed by atoms with E-state index in [0.717, 1.165) is 13.1 Å². The predicted molar refractivity (Wildman–Crippen MR) is 86.4 cm³/mol. The van der Waals surface area contributed by atoms with E-state index < -0.39 is 0 Å². The van der Waals surface area contributed by atoms with E-state index in [9.17, 15) is 4.39 Å². The molecule has 1 saturated heterocycles. The summed E-state index contributed by atoms with van der Waals surface area (Å²) in [6.07, 6.45) is 0. The van der Waals surface area contributed by atoms with Crippen LogP contribution in [0.2, 0.25) is 0 Å². The summed E-state index contributed by atoms with van der Waals surface area (Å²) in [5, 5.41) is 0. The fourth-order valence-electron chi connectivity index (χ4n) is 3.30. The van der Waals surface area contributed by atoms with Gasteiger partial charge in [-0.1, -0.05) is 30.3 Å². The lowest BCUT2D eigenvalue weighted by Crippen LogP contribution is -2.28. The molecule has 0 unspecified atom stereocenters. The molecule has 0 radical (unpaired) electrons. The van der Waals surface area contributed by atoms with Crippen LogP contribution in [-0.4, -0.2) is 29.0 Å². The summed E-state index contributed by atoms with van der Waals surface area (Å²) >= 11 is 0. The second-order valence-corrected chi connectivity index (χ2v) is 6.09. The van der Waals surface area contributed by atoms with Crippen molar-refractivity contribution in [2.75, 3.05) is 13.1 Å². The molecule has 2 aromatic carbocycles. The number of halogens is 1. The Bertz CT molecular complexity index is 818. The summed E-state index contributed by atoms with van der Waals surface area (Å²) in [6, 6.07) is 14.8. The summed E-state index contributed by atoms with van der Waals surface area (Å²) in [4.78, 5) is 6.66. The van der Waals surface area contributed by atoms with Crippen molar-refractivity contribution < 1.29 is 8.81 Å². The van der Waals surface area contributed by atoms with E-state index in [0.29, 0.717) is 29.5 Å². The molecule has 23 heavy (non-hydrogen) atoms. The lowest BCUT2D eigenvalue weighted by Gasteiger charge is -2.14. The van der Waals surface area contributed by atoms with Gasteiger partial charge in [0.2, 0.25) is 5.89 Å². The van der Waals surface area contributed by atoms with Crippen LogP contribution in [0, 0.1) is 5.82 Å². The SMILES string of the molecule is N[C@@H]1CN(Cc2nc3ccc(F)cc3o2)C[C@H]1c1ccccc1. The normalized spacial score (nSPS) is 22.0. The maximum Gasteiger partial charge on any atom is 0.209 e. The minimum atomic E-state index is -0.312. The fraction of sp³-hybridized carbons (Fsp3) is 0.278. The Morgan fingerprint density at radius 1 is 1.17 bits per heavy atom. The first-order valence-electron chi connectivity index (χ1n) is 7.77. The van der Waals surface area contributed by atoms with Crippen LogP contribution in [0.1, 0.15) is 17.4 Å². The van der Waals surface area contributed by atoms with Gasteiger partial charge >= 0.3 is 0 Å². The monoisotopic (exact) mass is 311 g/mol. The number of fused-ring (bicyclic) bond motifs is 1. The molecule has 1 aliphatic heterocycles. The third kappa shape index (κ3) is 2.85. The molecule has 0 amide bonds. The van der Waals surface area contributed by atoms with Gasteiger partial charge in [0.05, 0.1) is 6.54 Å². The lowest BCUT2D eigenvalue weighted by atomic mass is 9.95. The zero-order chi connectivity index (χ0) is 15.8. The minimum Gasteiger partial charge on any atom is -0.439 e. The summed E-state index contributed by atoms with van der Waals surface area (Å²) < 4.78 is 18.9. The number of likely N-dealkylation sites (tertiary alicyclic amines) is 1. The van der Waals surface area contributed by atoms with Gasteiger partial charge in [0.25, 0.3) is 0 Å². The van der Waals surface area contributed by atoms with Gasteiger partial charge in [0.1, 0.15) is 11.3 Å². The van der Waals surface area contributed by atoms with Gasteiger partial charge in [-0.05, 0) is 17.7 Å². The first kappa shape index (κ1) is 14.4. The van der Waals surface area contributed by atoms with E-state index >= 15 is 0 Å². The molecular formula is C18H18FN3O. The quantitative estimate of drug-likeness (QED) is 0.808. The van der Waals surface area contributed by atoms with E-state index in [1.807, 2.05) is 18.2 Å². The first-order valence-corrected chi connectivity index (χ1v) is 7.77. The molecule has 1 fully saturated rings. The zero-order valence-electron chi connectivity index (χ0n) is 12.7.